The highest BCUT2D eigenvalue weighted by Crippen LogP contribution is 2.07. The standard InChI is InChI=1S/C20H19N3O5/c21-11-16-8-4-7-15(9-16)10-17(19(25)26)23-18(24)12-22-20(27)28-13-14-5-2-1-3-6-14/h1-9,17H,10,12-13H2,(H,22,27)(H,23,24)(H,25,26)/t17-/m1/s1. The van der Waals surface area contributed by atoms with Gasteiger partial charge < -0.3 is 20.5 Å². The summed E-state index contributed by atoms with van der Waals surface area (Å²) in [5.74, 6) is -1.89. The normalized spacial score (nSPS) is 11.0. The number of benzene rings is 2. The molecule has 2 rings (SSSR count). The fraction of sp³-hybridized carbons (Fsp3) is 0.200. The predicted molar refractivity (Wildman–Crippen MR) is 99.1 cm³/mol. The van der Waals surface area contributed by atoms with Crippen LogP contribution in [-0.4, -0.2) is 35.7 Å². The number of carboxylic acid groups (broad SMARTS) is 1. The summed E-state index contributed by atoms with van der Waals surface area (Å²) in [6.07, 6.45) is -0.776. The van der Waals surface area contributed by atoms with Gasteiger partial charge in [0, 0.05) is 6.42 Å². The zero-order chi connectivity index (χ0) is 20.4. The highest BCUT2D eigenvalue weighted by atomic mass is 16.5. The molecule has 0 spiro atoms. The van der Waals surface area contributed by atoms with Crippen molar-refractivity contribution in [1.82, 2.24) is 10.6 Å². The van der Waals surface area contributed by atoms with Gasteiger partial charge in [-0.05, 0) is 23.3 Å². The van der Waals surface area contributed by atoms with E-state index in [2.05, 4.69) is 10.6 Å². The molecule has 2 aromatic carbocycles. The number of alkyl carbamates (subject to hydrolysis) is 1. The van der Waals surface area contributed by atoms with Gasteiger partial charge in [0.25, 0.3) is 0 Å². The molecule has 0 aromatic heterocycles. The minimum Gasteiger partial charge on any atom is -0.480 e. The summed E-state index contributed by atoms with van der Waals surface area (Å²) in [6, 6.07) is 16.3. The quantitative estimate of drug-likeness (QED) is 0.637. The smallest absolute Gasteiger partial charge is 0.407 e. The van der Waals surface area contributed by atoms with Crippen LogP contribution in [0.2, 0.25) is 0 Å². The number of nitriles is 1. The van der Waals surface area contributed by atoms with Crippen LogP contribution in [-0.2, 0) is 27.4 Å². The molecule has 0 radical (unpaired) electrons. The van der Waals surface area contributed by atoms with E-state index < -0.39 is 30.6 Å². The van der Waals surface area contributed by atoms with Crippen molar-refractivity contribution in [3.05, 3.63) is 71.3 Å². The van der Waals surface area contributed by atoms with Gasteiger partial charge in [-0.1, -0.05) is 42.5 Å². The van der Waals surface area contributed by atoms with Crippen molar-refractivity contribution >= 4 is 18.0 Å². The molecular weight excluding hydrogens is 362 g/mol. The minimum atomic E-state index is -1.22. The van der Waals surface area contributed by atoms with Gasteiger partial charge in [-0.25, -0.2) is 9.59 Å². The third-order valence-electron chi connectivity index (χ3n) is 3.74. The summed E-state index contributed by atoms with van der Waals surface area (Å²) in [4.78, 5) is 35.0. The highest BCUT2D eigenvalue weighted by Gasteiger charge is 2.21. The van der Waals surface area contributed by atoms with E-state index in [1.54, 1.807) is 36.4 Å². The van der Waals surface area contributed by atoms with Crippen LogP contribution in [0.5, 0.6) is 0 Å². The average Bonchev–Trinajstić information content (AvgIpc) is 2.71. The third-order valence-corrected chi connectivity index (χ3v) is 3.74. The second kappa shape index (κ2) is 10.3. The molecule has 0 aliphatic rings. The van der Waals surface area contributed by atoms with E-state index in [1.165, 1.54) is 0 Å². The Morgan fingerprint density at radius 1 is 1.07 bits per heavy atom. The molecule has 0 unspecified atom stereocenters. The third kappa shape index (κ3) is 6.80. The maximum Gasteiger partial charge on any atom is 0.407 e. The first-order valence-electron chi connectivity index (χ1n) is 8.43. The van der Waals surface area contributed by atoms with Crippen molar-refractivity contribution in [2.75, 3.05) is 6.54 Å². The molecule has 0 fully saturated rings. The van der Waals surface area contributed by atoms with Gasteiger partial charge in [0.1, 0.15) is 19.2 Å². The van der Waals surface area contributed by atoms with E-state index in [9.17, 15) is 19.5 Å². The molecule has 0 aliphatic heterocycles. The Morgan fingerprint density at radius 2 is 1.79 bits per heavy atom. The molecule has 3 N–H and O–H groups in total. The topological polar surface area (TPSA) is 129 Å². The Hall–Kier alpha value is -3.86. The summed E-state index contributed by atoms with van der Waals surface area (Å²) in [7, 11) is 0. The Kier molecular flexibility index (Phi) is 7.54. The van der Waals surface area contributed by atoms with Gasteiger partial charge in [0.15, 0.2) is 0 Å². The molecule has 8 heteroatoms. The molecule has 2 amide bonds. The van der Waals surface area contributed by atoms with Crippen LogP contribution in [0.15, 0.2) is 54.6 Å². The van der Waals surface area contributed by atoms with E-state index in [0.29, 0.717) is 11.1 Å². The Morgan fingerprint density at radius 3 is 2.46 bits per heavy atom. The second-order valence-corrected chi connectivity index (χ2v) is 5.89. The van der Waals surface area contributed by atoms with E-state index in [0.717, 1.165) is 5.56 Å². The van der Waals surface area contributed by atoms with E-state index in [-0.39, 0.29) is 13.0 Å². The van der Waals surface area contributed by atoms with Gasteiger partial charge >= 0.3 is 12.1 Å². The van der Waals surface area contributed by atoms with Crippen LogP contribution in [0.3, 0.4) is 0 Å². The Bertz CT molecular complexity index is 877. The lowest BCUT2D eigenvalue weighted by Crippen LogP contribution is -2.46. The van der Waals surface area contributed by atoms with Crippen LogP contribution in [0, 0.1) is 11.3 Å². The van der Waals surface area contributed by atoms with Crippen LogP contribution >= 0.6 is 0 Å². The number of hydrogen-bond acceptors (Lipinski definition) is 5. The van der Waals surface area contributed by atoms with E-state index in [4.69, 9.17) is 10.00 Å². The number of carboxylic acids is 1. The molecule has 144 valence electrons. The summed E-state index contributed by atoms with van der Waals surface area (Å²) in [6.45, 7) is -0.364. The summed E-state index contributed by atoms with van der Waals surface area (Å²) in [5.41, 5.74) is 1.80. The molecule has 0 aliphatic carbocycles. The number of aliphatic carboxylic acids is 1. The van der Waals surface area contributed by atoms with Crippen LogP contribution in [0.1, 0.15) is 16.7 Å². The first-order chi connectivity index (χ1) is 13.5. The van der Waals surface area contributed by atoms with Crippen LogP contribution in [0.4, 0.5) is 4.79 Å². The maximum atomic E-state index is 12.0. The van der Waals surface area contributed by atoms with Gasteiger partial charge in [0.05, 0.1) is 11.6 Å². The molecule has 28 heavy (non-hydrogen) atoms. The van der Waals surface area contributed by atoms with Crippen molar-refractivity contribution in [3.63, 3.8) is 0 Å². The van der Waals surface area contributed by atoms with Crippen molar-refractivity contribution in [2.24, 2.45) is 0 Å². The second-order valence-electron chi connectivity index (χ2n) is 5.89. The largest absolute Gasteiger partial charge is 0.480 e. The van der Waals surface area contributed by atoms with Crippen molar-refractivity contribution in [1.29, 1.82) is 5.26 Å². The number of hydrogen-bond donors (Lipinski definition) is 3. The molecule has 0 saturated heterocycles. The lowest BCUT2D eigenvalue weighted by atomic mass is 10.0. The summed E-state index contributed by atoms with van der Waals surface area (Å²) >= 11 is 0. The molecular formula is C20H19N3O5. The summed E-state index contributed by atoms with van der Waals surface area (Å²) in [5, 5.41) is 22.8. The Labute approximate surface area is 161 Å². The lowest BCUT2D eigenvalue weighted by Gasteiger charge is -2.15. The fourth-order valence-electron chi connectivity index (χ4n) is 2.38. The van der Waals surface area contributed by atoms with Crippen molar-refractivity contribution in [3.8, 4) is 6.07 Å². The van der Waals surface area contributed by atoms with Gasteiger partial charge in [-0.3, -0.25) is 4.79 Å². The number of ether oxygens (including phenoxy) is 1. The molecule has 0 saturated carbocycles. The van der Waals surface area contributed by atoms with E-state index >= 15 is 0 Å². The molecule has 1 atom stereocenters. The van der Waals surface area contributed by atoms with Gasteiger partial charge in [0.2, 0.25) is 5.91 Å². The number of carbonyl (C=O) groups is 3. The molecule has 0 bridgehead atoms. The van der Waals surface area contributed by atoms with Gasteiger partial charge in [-0.2, -0.15) is 5.26 Å². The number of nitrogens with zero attached hydrogens (tertiary/aromatic N) is 1. The van der Waals surface area contributed by atoms with Crippen LogP contribution in [0.25, 0.3) is 0 Å². The molecule has 0 heterocycles. The van der Waals surface area contributed by atoms with Crippen molar-refractivity contribution < 1.29 is 24.2 Å². The van der Waals surface area contributed by atoms with Gasteiger partial charge in [-0.15, -0.1) is 0 Å². The molecule has 8 nitrogen and oxygen atoms in total. The predicted octanol–water partition coefficient (Wildman–Crippen LogP) is 1.60. The number of nitrogens with one attached hydrogen (secondary N) is 2. The average molecular weight is 381 g/mol. The number of rotatable bonds is 8. The first kappa shape index (κ1) is 20.5. The number of carbonyl (C=O) groups excluding carboxylic acids is 2. The zero-order valence-electron chi connectivity index (χ0n) is 14.9. The lowest BCUT2D eigenvalue weighted by molar-refractivity contribution is -0.141. The zero-order valence-corrected chi connectivity index (χ0v) is 14.9. The summed E-state index contributed by atoms with van der Waals surface area (Å²) < 4.78 is 4.98. The minimum absolute atomic E-state index is 0.00898. The fourth-order valence-corrected chi connectivity index (χ4v) is 2.38. The van der Waals surface area contributed by atoms with E-state index in [1.807, 2.05) is 24.3 Å². The highest BCUT2D eigenvalue weighted by molar-refractivity contribution is 5.86. The Balaban J connectivity index is 1.80. The number of amides is 2. The van der Waals surface area contributed by atoms with Crippen molar-refractivity contribution in [2.45, 2.75) is 19.1 Å². The maximum absolute atomic E-state index is 12.0. The monoisotopic (exact) mass is 381 g/mol. The SMILES string of the molecule is N#Cc1cccc(C[C@@H](NC(=O)CNC(=O)OCc2ccccc2)C(=O)O)c1. The molecule has 2 aromatic rings. The van der Waals surface area contributed by atoms with Crippen LogP contribution < -0.4 is 10.6 Å². The first-order valence-corrected chi connectivity index (χ1v) is 8.43.